The highest BCUT2D eigenvalue weighted by molar-refractivity contribution is 7.12. The summed E-state index contributed by atoms with van der Waals surface area (Å²) >= 11 is 1.42. The lowest BCUT2D eigenvalue weighted by atomic mass is 10.1. The monoisotopic (exact) mass is 518 g/mol. The molecule has 8 nitrogen and oxygen atoms in total. The number of aromatic nitrogens is 2. The van der Waals surface area contributed by atoms with Crippen LogP contribution in [-0.4, -0.2) is 67.6 Å². The van der Waals surface area contributed by atoms with Gasteiger partial charge in [0.25, 0.3) is 5.91 Å². The average Bonchev–Trinajstić information content (AvgIpc) is 3.54. The minimum Gasteiger partial charge on any atom is -0.493 e. The molecule has 2 aromatic carbocycles. The van der Waals surface area contributed by atoms with E-state index in [0.717, 1.165) is 60.6 Å². The summed E-state index contributed by atoms with van der Waals surface area (Å²) in [5.74, 6) is 1.02. The molecule has 0 bridgehead atoms. The maximum absolute atomic E-state index is 13.1. The van der Waals surface area contributed by atoms with Crippen LogP contribution in [0.1, 0.15) is 26.5 Å². The van der Waals surface area contributed by atoms with Crippen LogP contribution < -0.4 is 14.8 Å². The molecule has 1 saturated heterocycles. The Balaban J connectivity index is 1.43. The first-order valence-electron chi connectivity index (χ1n) is 12.2. The summed E-state index contributed by atoms with van der Waals surface area (Å²) < 4.78 is 17.2. The molecular formula is C28H30N4O4S. The Morgan fingerprint density at radius 2 is 2.03 bits per heavy atom. The first kappa shape index (κ1) is 25.0. The number of ether oxygens (including phenoxy) is 3. The molecule has 3 heterocycles. The van der Waals surface area contributed by atoms with Gasteiger partial charge in [-0.15, -0.1) is 11.3 Å². The van der Waals surface area contributed by atoms with Gasteiger partial charge >= 0.3 is 0 Å². The van der Waals surface area contributed by atoms with E-state index in [1.54, 1.807) is 7.11 Å². The largest absolute Gasteiger partial charge is 0.493 e. The van der Waals surface area contributed by atoms with Crippen LogP contribution in [0.4, 0.5) is 5.69 Å². The first-order chi connectivity index (χ1) is 18.1. The van der Waals surface area contributed by atoms with Gasteiger partial charge in [-0.3, -0.25) is 14.8 Å². The summed E-state index contributed by atoms with van der Waals surface area (Å²) in [4.78, 5) is 16.1. The van der Waals surface area contributed by atoms with Crippen molar-refractivity contribution in [3.8, 4) is 11.5 Å². The molecular weight excluding hydrogens is 488 g/mol. The number of fused-ring (bicyclic) bond motifs is 1. The van der Waals surface area contributed by atoms with Gasteiger partial charge in [0.2, 0.25) is 0 Å². The molecule has 0 radical (unpaired) electrons. The topological polar surface area (TPSA) is 88.7 Å². The number of aromatic amines is 1. The van der Waals surface area contributed by atoms with Crippen molar-refractivity contribution in [1.82, 2.24) is 15.1 Å². The summed E-state index contributed by atoms with van der Waals surface area (Å²) in [5, 5.41) is 13.5. The zero-order chi connectivity index (χ0) is 25.6. The van der Waals surface area contributed by atoms with E-state index in [1.165, 1.54) is 11.3 Å². The van der Waals surface area contributed by atoms with E-state index < -0.39 is 0 Å². The number of benzene rings is 2. The molecule has 2 N–H and O–H groups in total. The predicted octanol–water partition coefficient (Wildman–Crippen LogP) is 5.08. The quantitative estimate of drug-likeness (QED) is 0.321. The molecule has 9 heteroatoms. The lowest BCUT2D eigenvalue weighted by Gasteiger charge is -2.26. The zero-order valence-corrected chi connectivity index (χ0v) is 21.8. The van der Waals surface area contributed by atoms with Crippen molar-refractivity contribution in [3.05, 3.63) is 69.5 Å². The van der Waals surface area contributed by atoms with Gasteiger partial charge in [0.05, 0.1) is 42.1 Å². The molecule has 1 fully saturated rings. The Bertz CT molecular complexity index is 1400. The maximum Gasteiger partial charge on any atom is 0.266 e. The highest BCUT2D eigenvalue weighted by atomic mass is 32.1. The van der Waals surface area contributed by atoms with Crippen molar-refractivity contribution in [2.24, 2.45) is 0 Å². The number of nitrogens with zero attached hydrogens (tertiary/aromatic N) is 2. The molecule has 0 unspecified atom stereocenters. The molecule has 0 saturated carbocycles. The third-order valence-corrected chi connectivity index (χ3v) is 7.36. The minimum absolute atomic E-state index is 0.156. The van der Waals surface area contributed by atoms with Crippen LogP contribution in [0.3, 0.4) is 0 Å². The number of amides is 1. The van der Waals surface area contributed by atoms with Crippen molar-refractivity contribution in [2.45, 2.75) is 6.92 Å². The molecule has 2 aromatic heterocycles. The van der Waals surface area contributed by atoms with Gasteiger partial charge in [-0.25, -0.2) is 0 Å². The van der Waals surface area contributed by atoms with Gasteiger partial charge in [-0.2, -0.15) is 5.10 Å². The molecule has 5 rings (SSSR count). The third-order valence-electron chi connectivity index (χ3n) is 6.34. The highest BCUT2D eigenvalue weighted by Gasteiger charge is 2.17. The summed E-state index contributed by atoms with van der Waals surface area (Å²) in [6.45, 7) is 6.50. The van der Waals surface area contributed by atoms with Gasteiger partial charge in [0, 0.05) is 36.7 Å². The van der Waals surface area contributed by atoms with Crippen molar-refractivity contribution in [2.75, 3.05) is 51.9 Å². The number of thiophene rings is 1. The molecule has 1 amide bonds. The summed E-state index contributed by atoms with van der Waals surface area (Å²) in [6, 6.07) is 13.6. The number of carbonyl (C=O) groups is 1. The van der Waals surface area contributed by atoms with Crippen molar-refractivity contribution in [3.63, 3.8) is 0 Å². The number of morpholine rings is 1. The fourth-order valence-corrected chi connectivity index (χ4v) is 5.09. The van der Waals surface area contributed by atoms with Gasteiger partial charge in [-0.1, -0.05) is 24.3 Å². The second-order valence-electron chi connectivity index (χ2n) is 8.77. The van der Waals surface area contributed by atoms with E-state index >= 15 is 0 Å². The number of rotatable bonds is 9. The van der Waals surface area contributed by atoms with Crippen LogP contribution in [-0.2, 0) is 4.74 Å². The van der Waals surface area contributed by atoms with Gasteiger partial charge in [0.15, 0.2) is 11.5 Å². The molecule has 1 aliphatic heterocycles. The van der Waals surface area contributed by atoms with Crippen LogP contribution in [0.25, 0.3) is 23.1 Å². The number of para-hydroxylation sites is 1. The van der Waals surface area contributed by atoms with Crippen LogP contribution in [0.5, 0.6) is 11.5 Å². The van der Waals surface area contributed by atoms with Gasteiger partial charge < -0.3 is 19.5 Å². The Morgan fingerprint density at radius 1 is 1.19 bits per heavy atom. The Labute approximate surface area is 219 Å². The van der Waals surface area contributed by atoms with Crippen molar-refractivity contribution in [1.29, 1.82) is 0 Å². The Hall–Kier alpha value is -3.66. The minimum atomic E-state index is -0.156. The molecule has 1 aliphatic rings. The second kappa shape index (κ2) is 11.6. The third kappa shape index (κ3) is 5.85. The van der Waals surface area contributed by atoms with E-state index in [-0.39, 0.29) is 5.91 Å². The Morgan fingerprint density at radius 3 is 2.81 bits per heavy atom. The van der Waals surface area contributed by atoms with Gasteiger partial charge in [-0.05, 0) is 42.1 Å². The van der Waals surface area contributed by atoms with Gasteiger partial charge in [0.1, 0.15) is 6.61 Å². The summed E-state index contributed by atoms with van der Waals surface area (Å²) in [7, 11) is 1.62. The first-order valence-corrected chi connectivity index (χ1v) is 13.1. The SMILES string of the molecule is COc1cc(C=Cc2n[nH]c3ccccc23)c(NC(=O)c2sccc2C)cc1OCCN1CCOCC1. The number of anilines is 1. The van der Waals surface area contributed by atoms with E-state index in [0.29, 0.717) is 28.7 Å². The number of hydrogen-bond acceptors (Lipinski definition) is 7. The normalized spacial score (nSPS) is 14.3. The smallest absolute Gasteiger partial charge is 0.266 e. The van der Waals surface area contributed by atoms with E-state index in [4.69, 9.17) is 14.2 Å². The fraction of sp³-hybridized carbons (Fsp3) is 0.286. The van der Waals surface area contributed by atoms with Crippen LogP contribution in [0.2, 0.25) is 0 Å². The van der Waals surface area contributed by atoms with Crippen LogP contribution >= 0.6 is 11.3 Å². The molecule has 192 valence electrons. The molecule has 0 atom stereocenters. The lowest BCUT2D eigenvalue weighted by Crippen LogP contribution is -2.38. The summed E-state index contributed by atoms with van der Waals surface area (Å²) in [6.07, 6.45) is 3.86. The molecule has 0 spiro atoms. The van der Waals surface area contributed by atoms with Crippen LogP contribution in [0.15, 0.2) is 47.8 Å². The zero-order valence-electron chi connectivity index (χ0n) is 21.0. The standard InChI is InChI=1S/C28H30N4O4S/c1-19-9-16-37-27(19)28(33)29-24-18-26(36-15-12-32-10-13-35-14-11-32)25(34-2)17-20(24)7-8-23-21-5-3-4-6-22(21)30-31-23/h3-9,16-18H,10-15H2,1-2H3,(H,29,33)(H,30,31). The fourth-order valence-electron chi connectivity index (χ4n) is 4.27. The number of H-pyrrole nitrogens is 1. The maximum atomic E-state index is 13.1. The number of hydrogen-bond donors (Lipinski definition) is 2. The molecule has 0 aliphatic carbocycles. The van der Waals surface area contributed by atoms with Crippen LogP contribution in [0, 0.1) is 6.92 Å². The lowest BCUT2D eigenvalue weighted by molar-refractivity contribution is 0.0321. The van der Waals surface area contributed by atoms with E-state index in [1.807, 2.05) is 66.9 Å². The van der Waals surface area contributed by atoms with E-state index in [9.17, 15) is 4.79 Å². The van der Waals surface area contributed by atoms with Crippen molar-refractivity contribution >= 4 is 46.0 Å². The number of carbonyl (C=O) groups excluding carboxylic acids is 1. The Kier molecular flexibility index (Phi) is 7.84. The number of nitrogens with one attached hydrogen (secondary N) is 2. The molecule has 4 aromatic rings. The predicted molar refractivity (Wildman–Crippen MR) is 148 cm³/mol. The summed E-state index contributed by atoms with van der Waals surface area (Å²) in [5.41, 5.74) is 4.14. The van der Waals surface area contributed by atoms with Crippen molar-refractivity contribution < 1.29 is 19.0 Å². The van der Waals surface area contributed by atoms with E-state index in [2.05, 4.69) is 20.4 Å². The second-order valence-corrected chi connectivity index (χ2v) is 9.68. The molecule has 37 heavy (non-hydrogen) atoms. The number of aryl methyl sites for hydroxylation is 1. The number of methoxy groups -OCH3 is 1. The highest BCUT2D eigenvalue weighted by Crippen LogP contribution is 2.35. The average molecular weight is 519 g/mol.